The Kier molecular flexibility index (Phi) is 6.83. The predicted octanol–water partition coefficient (Wildman–Crippen LogP) is 0.112. The first kappa shape index (κ1) is 24.7. The fourth-order valence-electron chi connectivity index (χ4n) is 3.94. The molecular formula is C23H26O12. The minimum Gasteiger partial charge on any atom is -0.508 e. The molecule has 12 nitrogen and oxygen atoms in total. The molecule has 2 heterocycles. The molecule has 0 saturated carbocycles. The van der Waals surface area contributed by atoms with Crippen molar-refractivity contribution in [2.24, 2.45) is 0 Å². The summed E-state index contributed by atoms with van der Waals surface area (Å²) in [5.74, 6) is -0.649. The Morgan fingerprint density at radius 1 is 0.886 bits per heavy atom. The number of aliphatic hydroxyl groups is 4. The molecule has 1 saturated heterocycles. The van der Waals surface area contributed by atoms with E-state index in [9.17, 15) is 35.7 Å². The van der Waals surface area contributed by atoms with Gasteiger partial charge in [-0.3, -0.25) is 0 Å². The number of phenols is 3. The number of aliphatic hydroxyl groups excluding tert-OH is 4. The van der Waals surface area contributed by atoms with Gasteiger partial charge in [0.15, 0.2) is 17.6 Å². The molecule has 4 unspecified atom stereocenters. The smallest absolute Gasteiger partial charge is 0.228 e. The largest absolute Gasteiger partial charge is 0.508 e. The lowest BCUT2D eigenvalue weighted by atomic mass is 9.98. The Hall–Kier alpha value is -3.42. The maximum Gasteiger partial charge on any atom is 0.228 e. The third-order valence-electron chi connectivity index (χ3n) is 5.80. The molecule has 12 heteroatoms. The number of phenolic OH excluding ortho intramolecular Hbond substituents is 3. The van der Waals surface area contributed by atoms with Gasteiger partial charge in [0.05, 0.1) is 26.4 Å². The number of fused-ring (bicyclic) bond motifs is 1. The van der Waals surface area contributed by atoms with Crippen LogP contribution in [0.15, 0.2) is 30.0 Å². The first-order valence-electron chi connectivity index (χ1n) is 10.5. The van der Waals surface area contributed by atoms with Crippen LogP contribution in [0.4, 0.5) is 0 Å². The van der Waals surface area contributed by atoms with Crippen molar-refractivity contribution in [2.75, 3.05) is 20.8 Å². The van der Waals surface area contributed by atoms with E-state index in [0.29, 0.717) is 5.56 Å². The Labute approximate surface area is 199 Å². The summed E-state index contributed by atoms with van der Waals surface area (Å²) in [5, 5.41) is 70.6. The van der Waals surface area contributed by atoms with E-state index in [1.807, 2.05) is 0 Å². The summed E-state index contributed by atoms with van der Waals surface area (Å²) in [6.07, 6.45) is -7.43. The highest BCUT2D eigenvalue weighted by atomic mass is 16.7. The van der Waals surface area contributed by atoms with E-state index < -0.39 is 43.4 Å². The van der Waals surface area contributed by atoms with E-state index in [-0.39, 0.29) is 45.8 Å². The van der Waals surface area contributed by atoms with Crippen LogP contribution in [0.1, 0.15) is 17.2 Å². The number of benzene rings is 2. The van der Waals surface area contributed by atoms with Gasteiger partial charge in [0.25, 0.3) is 0 Å². The molecule has 0 radical (unpaired) electrons. The standard InChI is InChI=1S/C23H26O12/c1-31-14-3-9(4-15(32-2)18(14)27)22-16(7-11-12(26)5-10(25)6-13(11)33-22)34-23-21(30)20(29)19(28)17(8-24)35-23/h3-7,17,19-30H,8H2,1-2H3/t17?,19-,20?,21?,22?,23-/m1/s1. The number of ether oxygens (including phenoxy) is 5. The van der Waals surface area contributed by atoms with Crippen molar-refractivity contribution < 1.29 is 59.4 Å². The Morgan fingerprint density at radius 3 is 2.14 bits per heavy atom. The minimum absolute atomic E-state index is 0.0161. The van der Waals surface area contributed by atoms with Crippen molar-refractivity contribution in [1.29, 1.82) is 0 Å². The van der Waals surface area contributed by atoms with E-state index in [0.717, 1.165) is 6.07 Å². The zero-order valence-corrected chi connectivity index (χ0v) is 18.7. The van der Waals surface area contributed by atoms with Crippen LogP contribution in [0.2, 0.25) is 0 Å². The predicted molar refractivity (Wildman–Crippen MR) is 117 cm³/mol. The second-order valence-corrected chi connectivity index (χ2v) is 8.01. The van der Waals surface area contributed by atoms with Gasteiger partial charge in [0.1, 0.15) is 47.4 Å². The molecular weight excluding hydrogens is 468 g/mol. The number of methoxy groups -OCH3 is 2. The molecule has 0 amide bonds. The molecule has 2 aromatic rings. The number of hydrogen-bond acceptors (Lipinski definition) is 12. The number of rotatable bonds is 6. The fourth-order valence-corrected chi connectivity index (χ4v) is 3.94. The van der Waals surface area contributed by atoms with Gasteiger partial charge in [-0.05, 0) is 18.2 Å². The molecule has 7 N–H and O–H groups in total. The highest BCUT2D eigenvalue weighted by Crippen LogP contribution is 2.47. The van der Waals surface area contributed by atoms with Crippen molar-refractivity contribution in [3.8, 4) is 34.5 Å². The van der Waals surface area contributed by atoms with E-state index in [4.69, 9.17) is 23.7 Å². The van der Waals surface area contributed by atoms with Gasteiger partial charge in [-0.1, -0.05) is 0 Å². The van der Waals surface area contributed by atoms with Crippen LogP contribution in [0, 0.1) is 0 Å². The van der Waals surface area contributed by atoms with Gasteiger partial charge in [-0.2, -0.15) is 0 Å². The maximum absolute atomic E-state index is 10.4. The lowest BCUT2D eigenvalue weighted by molar-refractivity contribution is -0.293. The van der Waals surface area contributed by atoms with Crippen molar-refractivity contribution >= 4 is 6.08 Å². The van der Waals surface area contributed by atoms with Gasteiger partial charge in [0, 0.05) is 17.7 Å². The molecule has 4 rings (SSSR count). The first-order valence-corrected chi connectivity index (χ1v) is 10.5. The van der Waals surface area contributed by atoms with Crippen LogP contribution in [0.5, 0.6) is 34.5 Å². The van der Waals surface area contributed by atoms with Crippen LogP contribution in [0.3, 0.4) is 0 Å². The van der Waals surface area contributed by atoms with E-state index in [2.05, 4.69) is 0 Å². The monoisotopic (exact) mass is 494 g/mol. The summed E-state index contributed by atoms with van der Waals surface area (Å²) < 4.78 is 27.7. The molecule has 0 aromatic heterocycles. The van der Waals surface area contributed by atoms with E-state index in [1.165, 1.54) is 38.5 Å². The summed E-state index contributed by atoms with van der Waals surface area (Å²) in [5.41, 5.74) is 0.497. The van der Waals surface area contributed by atoms with Crippen LogP contribution in [-0.2, 0) is 9.47 Å². The third kappa shape index (κ3) is 4.49. The van der Waals surface area contributed by atoms with Crippen LogP contribution >= 0.6 is 0 Å². The topological polar surface area (TPSA) is 188 Å². The minimum atomic E-state index is -1.70. The average Bonchev–Trinajstić information content (AvgIpc) is 2.84. The van der Waals surface area contributed by atoms with Crippen molar-refractivity contribution in [2.45, 2.75) is 36.8 Å². The highest BCUT2D eigenvalue weighted by molar-refractivity contribution is 5.70. The van der Waals surface area contributed by atoms with E-state index in [1.54, 1.807) is 0 Å². The summed E-state index contributed by atoms with van der Waals surface area (Å²) in [6.45, 7) is -0.654. The molecule has 0 aliphatic carbocycles. The van der Waals surface area contributed by atoms with Gasteiger partial charge >= 0.3 is 0 Å². The van der Waals surface area contributed by atoms with Gasteiger partial charge < -0.3 is 59.4 Å². The third-order valence-corrected chi connectivity index (χ3v) is 5.80. The molecule has 2 aromatic carbocycles. The van der Waals surface area contributed by atoms with Crippen molar-refractivity contribution in [1.82, 2.24) is 0 Å². The summed E-state index contributed by atoms with van der Waals surface area (Å²) in [7, 11) is 2.68. The average molecular weight is 494 g/mol. The molecule has 2 aliphatic heterocycles. The molecule has 2 aliphatic rings. The highest BCUT2D eigenvalue weighted by Gasteiger charge is 2.46. The number of hydrogen-bond donors (Lipinski definition) is 7. The summed E-state index contributed by atoms with van der Waals surface area (Å²) in [4.78, 5) is 0. The molecule has 1 fully saturated rings. The molecule has 0 spiro atoms. The second kappa shape index (κ2) is 9.68. The lowest BCUT2D eigenvalue weighted by Crippen LogP contribution is -2.59. The Morgan fingerprint density at radius 2 is 1.54 bits per heavy atom. The van der Waals surface area contributed by atoms with Gasteiger partial charge in [-0.25, -0.2) is 0 Å². The molecule has 190 valence electrons. The SMILES string of the molecule is COc1cc(C2Oc3cc(O)cc(O)c3C=C2O[C@@H]2OC(CO)[C@@H](O)C(O)C2O)cc(OC)c1O. The Balaban J connectivity index is 1.79. The fraction of sp³-hybridized carbons (Fsp3) is 0.391. The lowest BCUT2D eigenvalue weighted by Gasteiger charge is -2.41. The summed E-state index contributed by atoms with van der Waals surface area (Å²) in [6, 6.07) is 5.26. The van der Waals surface area contributed by atoms with Crippen LogP contribution in [-0.4, -0.2) is 87.3 Å². The van der Waals surface area contributed by atoms with Crippen molar-refractivity contribution in [3.63, 3.8) is 0 Å². The molecule has 6 atom stereocenters. The van der Waals surface area contributed by atoms with Gasteiger partial charge in [-0.15, -0.1) is 0 Å². The van der Waals surface area contributed by atoms with Crippen LogP contribution in [0.25, 0.3) is 6.08 Å². The second-order valence-electron chi connectivity index (χ2n) is 8.01. The number of aromatic hydroxyl groups is 3. The zero-order valence-electron chi connectivity index (χ0n) is 18.7. The van der Waals surface area contributed by atoms with E-state index >= 15 is 0 Å². The van der Waals surface area contributed by atoms with Crippen LogP contribution < -0.4 is 14.2 Å². The molecule has 0 bridgehead atoms. The first-order chi connectivity index (χ1) is 16.7. The van der Waals surface area contributed by atoms with Gasteiger partial charge in [0.2, 0.25) is 12.0 Å². The quantitative estimate of drug-likeness (QED) is 0.288. The van der Waals surface area contributed by atoms with Crippen molar-refractivity contribution in [3.05, 3.63) is 41.2 Å². The maximum atomic E-state index is 10.4. The summed E-state index contributed by atoms with van der Waals surface area (Å²) >= 11 is 0. The zero-order chi connectivity index (χ0) is 25.4. The Bertz CT molecular complexity index is 1090. The molecule has 35 heavy (non-hydrogen) atoms. The normalized spacial score (nSPS) is 27.9.